The van der Waals surface area contributed by atoms with Crippen molar-refractivity contribution in [3.05, 3.63) is 35.9 Å². The summed E-state index contributed by atoms with van der Waals surface area (Å²) in [5.41, 5.74) is 1.24. The molecule has 0 aliphatic carbocycles. The Kier molecular flexibility index (Phi) is 4.83. The van der Waals surface area contributed by atoms with Gasteiger partial charge in [-0.15, -0.1) is 0 Å². The van der Waals surface area contributed by atoms with Gasteiger partial charge in [0.1, 0.15) is 9.84 Å². The SMILES string of the molecule is CC1CN(C(C)CS(C)(=O)=O)C(c2ccccc2)CN1. The first-order valence-corrected chi connectivity index (χ1v) is 9.14. The van der Waals surface area contributed by atoms with Crippen molar-refractivity contribution in [2.45, 2.75) is 32.0 Å². The minimum atomic E-state index is -2.96. The Balaban J connectivity index is 2.20. The number of hydrogen-bond acceptors (Lipinski definition) is 4. The zero-order valence-electron chi connectivity index (χ0n) is 12.4. The lowest BCUT2D eigenvalue weighted by atomic mass is 10.00. The van der Waals surface area contributed by atoms with E-state index in [1.165, 1.54) is 11.8 Å². The maximum absolute atomic E-state index is 11.6. The molecule has 1 aliphatic rings. The van der Waals surface area contributed by atoms with E-state index in [1.807, 2.05) is 25.1 Å². The van der Waals surface area contributed by atoms with Crippen LogP contribution >= 0.6 is 0 Å². The van der Waals surface area contributed by atoms with Gasteiger partial charge in [0.2, 0.25) is 0 Å². The van der Waals surface area contributed by atoms with Gasteiger partial charge >= 0.3 is 0 Å². The Morgan fingerprint density at radius 3 is 2.60 bits per heavy atom. The van der Waals surface area contributed by atoms with E-state index < -0.39 is 9.84 Å². The van der Waals surface area contributed by atoms with Gasteiger partial charge in [-0.05, 0) is 19.4 Å². The van der Waals surface area contributed by atoms with Crippen LogP contribution in [-0.4, -0.2) is 50.5 Å². The molecule has 1 aliphatic heterocycles. The number of nitrogens with zero attached hydrogens (tertiary/aromatic N) is 1. The van der Waals surface area contributed by atoms with E-state index in [9.17, 15) is 8.42 Å². The van der Waals surface area contributed by atoms with Gasteiger partial charge in [0.25, 0.3) is 0 Å². The van der Waals surface area contributed by atoms with Crippen LogP contribution in [0.2, 0.25) is 0 Å². The maximum atomic E-state index is 11.6. The molecule has 2 rings (SSSR count). The lowest BCUT2D eigenvalue weighted by Crippen LogP contribution is -2.55. The summed E-state index contributed by atoms with van der Waals surface area (Å²) in [6.45, 7) is 5.88. The second kappa shape index (κ2) is 6.24. The fourth-order valence-electron chi connectivity index (χ4n) is 2.94. The molecule has 1 saturated heterocycles. The first kappa shape index (κ1) is 15.5. The fraction of sp³-hybridized carbons (Fsp3) is 0.600. The van der Waals surface area contributed by atoms with E-state index in [1.54, 1.807) is 0 Å². The minimum absolute atomic E-state index is 0.0276. The van der Waals surface area contributed by atoms with Gasteiger partial charge in [-0.25, -0.2) is 8.42 Å². The van der Waals surface area contributed by atoms with E-state index >= 15 is 0 Å². The van der Waals surface area contributed by atoms with Gasteiger partial charge in [-0.2, -0.15) is 0 Å². The van der Waals surface area contributed by atoms with Gasteiger partial charge in [0.05, 0.1) is 5.75 Å². The molecule has 5 heteroatoms. The highest BCUT2D eigenvalue weighted by Gasteiger charge is 2.31. The third-order valence-electron chi connectivity index (χ3n) is 3.84. The van der Waals surface area contributed by atoms with Crippen LogP contribution in [0.3, 0.4) is 0 Å². The molecule has 20 heavy (non-hydrogen) atoms. The molecular weight excluding hydrogens is 272 g/mol. The van der Waals surface area contributed by atoms with Crippen LogP contribution in [0, 0.1) is 0 Å². The van der Waals surface area contributed by atoms with Crippen LogP contribution in [-0.2, 0) is 9.84 Å². The number of rotatable bonds is 4. The molecule has 4 nitrogen and oxygen atoms in total. The summed E-state index contributed by atoms with van der Waals surface area (Å²) in [6.07, 6.45) is 1.31. The minimum Gasteiger partial charge on any atom is -0.311 e. The predicted octanol–water partition coefficient (Wildman–Crippen LogP) is 1.45. The standard InChI is InChI=1S/C15H24N2O2S/c1-12-10-17(13(2)11-20(3,18)19)15(9-16-12)14-7-5-4-6-8-14/h4-8,12-13,15-16H,9-11H2,1-3H3. The van der Waals surface area contributed by atoms with Gasteiger partial charge in [-0.3, -0.25) is 4.90 Å². The monoisotopic (exact) mass is 296 g/mol. The Hall–Kier alpha value is -0.910. The van der Waals surface area contributed by atoms with Gasteiger partial charge < -0.3 is 5.32 Å². The fourth-order valence-corrected chi connectivity index (χ4v) is 4.01. The summed E-state index contributed by atoms with van der Waals surface area (Å²) >= 11 is 0. The Morgan fingerprint density at radius 1 is 1.35 bits per heavy atom. The molecule has 0 bridgehead atoms. The van der Waals surface area contributed by atoms with Crippen LogP contribution < -0.4 is 5.32 Å². The molecule has 1 heterocycles. The second-order valence-corrected chi connectivity index (χ2v) is 8.06. The molecule has 1 aromatic carbocycles. The highest BCUT2D eigenvalue weighted by molar-refractivity contribution is 7.90. The van der Waals surface area contributed by atoms with E-state index in [-0.39, 0.29) is 17.8 Å². The largest absolute Gasteiger partial charge is 0.311 e. The van der Waals surface area contributed by atoms with Crippen LogP contribution in [0.1, 0.15) is 25.5 Å². The second-order valence-electron chi connectivity index (χ2n) is 5.87. The molecule has 1 N–H and O–H groups in total. The quantitative estimate of drug-likeness (QED) is 0.914. The summed E-state index contributed by atoms with van der Waals surface area (Å²) < 4.78 is 23.1. The Morgan fingerprint density at radius 2 is 2.00 bits per heavy atom. The van der Waals surface area contributed by atoms with E-state index in [0.717, 1.165) is 13.1 Å². The van der Waals surface area contributed by atoms with Crippen molar-refractivity contribution in [1.29, 1.82) is 0 Å². The van der Waals surface area contributed by atoms with Crippen LogP contribution in [0.5, 0.6) is 0 Å². The van der Waals surface area contributed by atoms with Gasteiger partial charge in [0, 0.05) is 37.5 Å². The molecular formula is C15H24N2O2S. The van der Waals surface area contributed by atoms with E-state index in [2.05, 4.69) is 29.3 Å². The molecule has 3 unspecified atom stereocenters. The molecule has 0 radical (unpaired) electrons. The number of nitrogens with one attached hydrogen (secondary N) is 1. The van der Waals surface area contributed by atoms with Gasteiger partial charge in [-0.1, -0.05) is 30.3 Å². The molecule has 0 spiro atoms. The van der Waals surface area contributed by atoms with Crippen molar-refractivity contribution in [2.75, 3.05) is 25.1 Å². The van der Waals surface area contributed by atoms with Crippen LogP contribution in [0.25, 0.3) is 0 Å². The zero-order chi connectivity index (χ0) is 14.8. The molecule has 0 aromatic heterocycles. The van der Waals surface area contributed by atoms with Crippen molar-refractivity contribution >= 4 is 9.84 Å². The van der Waals surface area contributed by atoms with Gasteiger partial charge in [0.15, 0.2) is 0 Å². The normalized spacial score (nSPS) is 26.4. The lowest BCUT2D eigenvalue weighted by Gasteiger charge is -2.43. The number of piperazine rings is 1. The first-order chi connectivity index (χ1) is 9.37. The molecule has 0 saturated carbocycles. The topological polar surface area (TPSA) is 49.4 Å². The molecule has 1 aromatic rings. The van der Waals surface area contributed by atoms with Crippen molar-refractivity contribution in [1.82, 2.24) is 10.2 Å². The van der Waals surface area contributed by atoms with E-state index in [4.69, 9.17) is 0 Å². The number of sulfone groups is 1. The summed E-state index contributed by atoms with van der Waals surface area (Å²) in [4.78, 5) is 2.32. The number of hydrogen-bond donors (Lipinski definition) is 1. The van der Waals surface area contributed by atoms with Crippen molar-refractivity contribution in [3.63, 3.8) is 0 Å². The third kappa shape index (κ3) is 4.04. The first-order valence-electron chi connectivity index (χ1n) is 7.08. The Labute approximate surface area is 122 Å². The van der Waals surface area contributed by atoms with Crippen LogP contribution in [0.4, 0.5) is 0 Å². The summed E-state index contributed by atoms with van der Waals surface area (Å²) in [5.74, 6) is 0.211. The van der Waals surface area contributed by atoms with Crippen molar-refractivity contribution in [3.8, 4) is 0 Å². The van der Waals surface area contributed by atoms with Crippen molar-refractivity contribution in [2.24, 2.45) is 0 Å². The third-order valence-corrected chi connectivity index (χ3v) is 4.93. The maximum Gasteiger partial charge on any atom is 0.148 e. The average molecular weight is 296 g/mol. The summed E-state index contributed by atoms with van der Waals surface area (Å²) in [6, 6.07) is 11.0. The predicted molar refractivity (Wildman–Crippen MR) is 82.5 cm³/mol. The molecule has 3 atom stereocenters. The molecule has 0 amide bonds. The smallest absolute Gasteiger partial charge is 0.148 e. The molecule has 112 valence electrons. The number of benzene rings is 1. The van der Waals surface area contributed by atoms with E-state index in [0.29, 0.717) is 6.04 Å². The highest BCUT2D eigenvalue weighted by atomic mass is 32.2. The summed E-state index contributed by atoms with van der Waals surface area (Å²) in [7, 11) is -2.96. The summed E-state index contributed by atoms with van der Waals surface area (Å²) in [5, 5.41) is 3.49. The van der Waals surface area contributed by atoms with Crippen molar-refractivity contribution < 1.29 is 8.42 Å². The molecule has 1 fully saturated rings. The lowest BCUT2D eigenvalue weighted by molar-refractivity contribution is 0.103. The average Bonchev–Trinajstić information content (AvgIpc) is 2.37. The zero-order valence-corrected chi connectivity index (χ0v) is 13.2. The highest BCUT2D eigenvalue weighted by Crippen LogP contribution is 2.26. The Bertz CT molecular complexity index is 530. The van der Waals surface area contributed by atoms with Crippen LogP contribution in [0.15, 0.2) is 30.3 Å².